The minimum Gasteiger partial charge on any atom is -0.481 e. The molecule has 0 spiro atoms. The van der Waals surface area contributed by atoms with Gasteiger partial charge in [0.25, 0.3) is 0 Å². The van der Waals surface area contributed by atoms with E-state index in [4.69, 9.17) is 5.11 Å². The number of aliphatic hydroxyl groups is 1. The lowest BCUT2D eigenvalue weighted by Gasteiger charge is -2.29. The van der Waals surface area contributed by atoms with Crippen LogP contribution in [0.4, 0.5) is 0 Å². The third kappa shape index (κ3) is 2.30. The second-order valence-electron chi connectivity index (χ2n) is 3.33. The van der Waals surface area contributed by atoms with Crippen LogP contribution in [0.15, 0.2) is 0 Å². The second-order valence-corrected chi connectivity index (χ2v) is 3.33. The molecule has 1 rings (SSSR count). The van der Waals surface area contributed by atoms with Gasteiger partial charge < -0.3 is 10.2 Å². The van der Waals surface area contributed by atoms with Gasteiger partial charge in [0.1, 0.15) is 5.78 Å². The zero-order valence-corrected chi connectivity index (χ0v) is 6.75. The van der Waals surface area contributed by atoms with Gasteiger partial charge in [-0.25, -0.2) is 0 Å². The van der Waals surface area contributed by atoms with E-state index in [0.717, 1.165) is 0 Å². The number of carbonyl (C=O) groups excluding carboxylic acids is 1. The van der Waals surface area contributed by atoms with Gasteiger partial charge in [-0.15, -0.1) is 0 Å². The van der Waals surface area contributed by atoms with Gasteiger partial charge in [-0.2, -0.15) is 0 Å². The summed E-state index contributed by atoms with van der Waals surface area (Å²) in [7, 11) is 0. The van der Waals surface area contributed by atoms with Crippen molar-refractivity contribution in [3.63, 3.8) is 0 Å². The molecule has 0 aromatic carbocycles. The standard InChI is InChI=1S/C8H12O4/c9-6-1-3-8(12,4-2-6)5-7(10)11/h12H,1-5H2,(H,10,11). The van der Waals surface area contributed by atoms with Gasteiger partial charge >= 0.3 is 5.97 Å². The molecule has 2 N–H and O–H groups in total. The predicted octanol–water partition coefficient (Wildman–Crippen LogP) is 0.335. The van der Waals surface area contributed by atoms with E-state index in [9.17, 15) is 14.7 Å². The number of aliphatic carboxylic acids is 1. The highest BCUT2D eigenvalue weighted by Crippen LogP contribution is 2.28. The molecule has 0 heterocycles. The fourth-order valence-corrected chi connectivity index (χ4v) is 1.45. The molecule has 0 amide bonds. The van der Waals surface area contributed by atoms with Crippen molar-refractivity contribution >= 4 is 11.8 Å². The number of hydrogen-bond donors (Lipinski definition) is 2. The van der Waals surface area contributed by atoms with Crippen molar-refractivity contribution < 1.29 is 19.8 Å². The second kappa shape index (κ2) is 3.23. The summed E-state index contributed by atoms with van der Waals surface area (Å²) in [6, 6.07) is 0. The fourth-order valence-electron chi connectivity index (χ4n) is 1.45. The Labute approximate surface area is 70.2 Å². The summed E-state index contributed by atoms with van der Waals surface area (Å²) in [5.74, 6) is -0.892. The maximum Gasteiger partial charge on any atom is 0.306 e. The van der Waals surface area contributed by atoms with Gasteiger partial charge in [0, 0.05) is 12.8 Å². The van der Waals surface area contributed by atoms with E-state index < -0.39 is 11.6 Å². The first kappa shape index (κ1) is 9.19. The lowest BCUT2D eigenvalue weighted by Crippen LogP contribution is -2.36. The van der Waals surface area contributed by atoms with Crippen molar-refractivity contribution in [1.29, 1.82) is 0 Å². The highest BCUT2D eigenvalue weighted by Gasteiger charge is 2.34. The van der Waals surface area contributed by atoms with Crippen molar-refractivity contribution in [3.8, 4) is 0 Å². The molecule has 1 fully saturated rings. The lowest BCUT2D eigenvalue weighted by molar-refractivity contribution is -0.145. The van der Waals surface area contributed by atoms with Crippen molar-refractivity contribution in [2.24, 2.45) is 0 Å². The normalized spacial score (nSPS) is 22.2. The van der Waals surface area contributed by atoms with Crippen LogP contribution < -0.4 is 0 Å². The van der Waals surface area contributed by atoms with Crippen LogP contribution in [0.1, 0.15) is 32.1 Å². The van der Waals surface area contributed by atoms with Gasteiger partial charge in [0.15, 0.2) is 0 Å². The Morgan fingerprint density at radius 3 is 2.33 bits per heavy atom. The van der Waals surface area contributed by atoms with E-state index in [1.807, 2.05) is 0 Å². The molecule has 4 nitrogen and oxygen atoms in total. The highest BCUT2D eigenvalue weighted by atomic mass is 16.4. The van der Waals surface area contributed by atoms with Crippen LogP contribution in [-0.2, 0) is 9.59 Å². The number of carboxylic acids is 1. The summed E-state index contributed by atoms with van der Waals surface area (Å²) in [5.41, 5.74) is -1.14. The van der Waals surface area contributed by atoms with Crippen molar-refractivity contribution in [3.05, 3.63) is 0 Å². The number of hydrogen-bond acceptors (Lipinski definition) is 3. The summed E-state index contributed by atoms with van der Waals surface area (Å²) >= 11 is 0. The Morgan fingerprint density at radius 2 is 1.92 bits per heavy atom. The Balaban J connectivity index is 2.49. The summed E-state index contributed by atoms with van der Waals surface area (Å²) in [5, 5.41) is 18.1. The monoisotopic (exact) mass is 172 g/mol. The Kier molecular flexibility index (Phi) is 2.47. The Bertz CT molecular complexity index is 199. The molecule has 68 valence electrons. The van der Waals surface area contributed by atoms with E-state index in [2.05, 4.69) is 0 Å². The Morgan fingerprint density at radius 1 is 1.42 bits per heavy atom. The third-order valence-corrected chi connectivity index (χ3v) is 2.22. The molecule has 12 heavy (non-hydrogen) atoms. The average Bonchev–Trinajstić information content (AvgIpc) is 1.94. The molecule has 0 bridgehead atoms. The number of carbonyl (C=O) groups is 2. The number of ketones is 1. The number of carboxylic acid groups (broad SMARTS) is 1. The van der Waals surface area contributed by atoms with Crippen molar-refractivity contribution in [2.45, 2.75) is 37.7 Å². The quantitative estimate of drug-likeness (QED) is 0.629. The molecule has 0 aliphatic heterocycles. The van der Waals surface area contributed by atoms with E-state index in [-0.39, 0.29) is 25.0 Å². The molecule has 0 radical (unpaired) electrons. The molecule has 1 saturated carbocycles. The molecule has 1 aliphatic carbocycles. The minimum absolute atomic E-state index is 0.116. The van der Waals surface area contributed by atoms with E-state index in [1.165, 1.54) is 0 Å². The summed E-state index contributed by atoms with van der Waals surface area (Å²) in [6.07, 6.45) is 0.949. The zero-order valence-electron chi connectivity index (χ0n) is 6.75. The number of rotatable bonds is 2. The van der Waals surface area contributed by atoms with E-state index >= 15 is 0 Å². The van der Waals surface area contributed by atoms with Gasteiger partial charge in [-0.3, -0.25) is 9.59 Å². The highest BCUT2D eigenvalue weighted by molar-refractivity contribution is 5.80. The molecule has 0 unspecified atom stereocenters. The van der Waals surface area contributed by atoms with Crippen LogP contribution >= 0.6 is 0 Å². The first-order valence-corrected chi connectivity index (χ1v) is 3.98. The maximum absolute atomic E-state index is 10.8. The molecular weight excluding hydrogens is 160 g/mol. The maximum atomic E-state index is 10.8. The smallest absolute Gasteiger partial charge is 0.306 e. The molecule has 4 heteroatoms. The van der Waals surface area contributed by atoms with Crippen LogP contribution in [0.25, 0.3) is 0 Å². The van der Waals surface area contributed by atoms with Gasteiger partial charge in [-0.1, -0.05) is 0 Å². The van der Waals surface area contributed by atoms with Crippen molar-refractivity contribution in [1.82, 2.24) is 0 Å². The van der Waals surface area contributed by atoms with Crippen LogP contribution in [-0.4, -0.2) is 27.6 Å². The lowest BCUT2D eigenvalue weighted by atomic mass is 9.82. The summed E-state index contributed by atoms with van der Waals surface area (Å²) < 4.78 is 0. The van der Waals surface area contributed by atoms with Gasteiger partial charge in [0.05, 0.1) is 12.0 Å². The largest absolute Gasteiger partial charge is 0.481 e. The third-order valence-electron chi connectivity index (χ3n) is 2.22. The topological polar surface area (TPSA) is 74.6 Å². The molecule has 0 aromatic heterocycles. The predicted molar refractivity (Wildman–Crippen MR) is 40.7 cm³/mol. The molecular formula is C8H12O4. The minimum atomic E-state index is -1.14. The van der Waals surface area contributed by atoms with Crippen LogP contribution in [0, 0.1) is 0 Å². The summed E-state index contributed by atoms with van der Waals surface area (Å²) in [6.45, 7) is 0. The van der Waals surface area contributed by atoms with Crippen molar-refractivity contribution in [2.75, 3.05) is 0 Å². The fraction of sp³-hybridized carbons (Fsp3) is 0.750. The van der Waals surface area contributed by atoms with Gasteiger partial charge in [-0.05, 0) is 12.8 Å². The van der Waals surface area contributed by atoms with Crippen LogP contribution in [0.5, 0.6) is 0 Å². The van der Waals surface area contributed by atoms with Crippen LogP contribution in [0.2, 0.25) is 0 Å². The Hall–Kier alpha value is -0.900. The first-order valence-electron chi connectivity index (χ1n) is 3.98. The molecule has 0 saturated heterocycles. The van der Waals surface area contributed by atoms with E-state index in [0.29, 0.717) is 12.8 Å². The zero-order chi connectivity index (χ0) is 9.19. The molecule has 0 aromatic rings. The van der Waals surface area contributed by atoms with E-state index in [1.54, 1.807) is 0 Å². The molecule has 1 aliphatic rings. The average molecular weight is 172 g/mol. The van der Waals surface area contributed by atoms with Crippen LogP contribution in [0.3, 0.4) is 0 Å². The first-order chi connectivity index (χ1) is 5.52. The van der Waals surface area contributed by atoms with Gasteiger partial charge in [0.2, 0.25) is 0 Å². The SMILES string of the molecule is O=C(O)CC1(O)CCC(=O)CC1. The number of Topliss-reactive ketones (excluding diaryl/α,β-unsaturated/α-hetero) is 1. The molecule has 0 atom stereocenters. The summed E-state index contributed by atoms with van der Waals surface area (Å²) in [4.78, 5) is 21.1.